The van der Waals surface area contributed by atoms with Gasteiger partial charge in [-0.05, 0) is 51.6 Å². The van der Waals surface area contributed by atoms with Crippen LogP contribution in [0.2, 0.25) is 5.02 Å². The third-order valence-electron chi connectivity index (χ3n) is 4.74. The molecule has 0 aliphatic heterocycles. The first-order chi connectivity index (χ1) is 10.6. The van der Waals surface area contributed by atoms with Gasteiger partial charge in [0.05, 0.1) is 0 Å². The van der Waals surface area contributed by atoms with Gasteiger partial charge in [0, 0.05) is 10.4 Å². The lowest BCUT2D eigenvalue weighted by atomic mass is 9.81. The highest BCUT2D eigenvalue weighted by Gasteiger charge is 2.35. The van der Waals surface area contributed by atoms with Gasteiger partial charge in [0.1, 0.15) is 0 Å². The fraction of sp³-hybridized carbons (Fsp3) is 0.143. The summed E-state index contributed by atoms with van der Waals surface area (Å²) in [5, 5.41) is 0.778. The Balaban J connectivity index is 1.92. The molecule has 0 N–H and O–H groups in total. The third kappa shape index (κ3) is 1.91. The predicted molar refractivity (Wildman–Crippen MR) is 94.5 cm³/mol. The number of hydrogen-bond acceptors (Lipinski definition) is 0. The Labute approximate surface area is 136 Å². The summed E-state index contributed by atoms with van der Waals surface area (Å²) in [6, 6.07) is 23.5. The zero-order valence-corrected chi connectivity index (χ0v) is 13.5. The molecule has 22 heavy (non-hydrogen) atoms. The maximum absolute atomic E-state index is 6.14. The highest BCUT2D eigenvalue weighted by Crippen LogP contribution is 2.49. The van der Waals surface area contributed by atoms with Crippen molar-refractivity contribution in [2.45, 2.75) is 19.3 Å². The van der Waals surface area contributed by atoms with Crippen LogP contribution in [0.15, 0.2) is 66.7 Å². The standard InChI is InChI=1S/C21H17Cl/c1-21(2)19-9-4-3-8-17(19)18-11-10-15(13-20(18)21)14-6-5-7-16(22)12-14/h3-13H,1-2H3. The first-order valence-electron chi connectivity index (χ1n) is 7.58. The molecule has 0 fully saturated rings. The Hall–Kier alpha value is -2.05. The summed E-state index contributed by atoms with van der Waals surface area (Å²) in [5.41, 5.74) is 7.95. The Morgan fingerprint density at radius 1 is 0.682 bits per heavy atom. The lowest BCUT2D eigenvalue weighted by Gasteiger charge is -2.22. The average molecular weight is 305 g/mol. The van der Waals surface area contributed by atoms with Gasteiger partial charge in [0.25, 0.3) is 0 Å². The van der Waals surface area contributed by atoms with Gasteiger partial charge in [-0.3, -0.25) is 0 Å². The molecule has 3 aromatic carbocycles. The summed E-state index contributed by atoms with van der Waals surface area (Å²) in [6.45, 7) is 4.61. The van der Waals surface area contributed by atoms with Crippen LogP contribution < -0.4 is 0 Å². The van der Waals surface area contributed by atoms with Gasteiger partial charge in [-0.25, -0.2) is 0 Å². The maximum Gasteiger partial charge on any atom is 0.0412 e. The van der Waals surface area contributed by atoms with Crippen molar-refractivity contribution in [2.24, 2.45) is 0 Å². The minimum Gasteiger partial charge on any atom is -0.0843 e. The van der Waals surface area contributed by atoms with Crippen LogP contribution in [-0.4, -0.2) is 0 Å². The molecule has 0 saturated carbocycles. The second-order valence-electron chi connectivity index (χ2n) is 6.44. The Morgan fingerprint density at radius 3 is 2.23 bits per heavy atom. The SMILES string of the molecule is CC1(C)c2ccccc2-c2ccc(-c3cccc(Cl)c3)cc21. The number of halogens is 1. The first-order valence-corrected chi connectivity index (χ1v) is 7.95. The molecule has 0 saturated heterocycles. The van der Waals surface area contributed by atoms with E-state index in [1.54, 1.807) is 0 Å². The topological polar surface area (TPSA) is 0 Å². The van der Waals surface area contributed by atoms with E-state index in [1.165, 1.54) is 33.4 Å². The molecule has 1 aliphatic carbocycles. The second kappa shape index (κ2) is 4.72. The smallest absolute Gasteiger partial charge is 0.0412 e. The van der Waals surface area contributed by atoms with Crippen molar-refractivity contribution in [2.75, 3.05) is 0 Å². The van der Waals surface area contributed by atoms with Crippen LogP contribution >= 0.6 is 11.6 Å². The van der Waals surface area contributed by atoms with Gasteiger partial charge < -0.3 is 0 Å². The number of hydrogen-bond donors (Lipinski definition) is 0. The molecular formula is C21H17Cl. The molecule has 1 aliphatic rings. The molecular weight excluding hydrogens is 288 g/mol. The van der Waals surface area contributed by atoms with E-state index in [1.807, 2.05) is 18.2 Å². The second-order valence-corrected chi connectivity index (χ2v) is 6.88. The number of rotatable bonds is 1. The Morgan fingerprint density at radius 2 is 1.41 bits per heavy atom. The van der Waals surface area contributed by atoms with E-state index in [-0.39, 0.29) is 5.41 Å². The van der Waals surface area contributed by atoms with Crippen LogP contribution in [0.4, 0.5) is 0 Å². The van der Waals surface area contributed by atoms with Gasteiger partial charge in [-0.15, -0.1) is 0 Å². The highest BCUT2D eigenvalue weighted by molar-refractivity contribution is 6.30. The van der Waals surface area contributed by atoms with Gasteiger partial charge in [-0.1, -0.05) is 74.0 Å². The van der Waals surface area contributed by atoms with Crippen LogP contribution in [0.1, 0.15) is 25.0 Å². The van der Waals surface area contributed by atoms with Gasteiger partial charge in [0.2, 0.25) is 0 Å². The summed E-state index contributed by atoms with van der Waals surface area (Å²) in [5.74, 6) is 0. The molecule has 0 spiro atoms. The molecule has 0 nitrogen and oxygen atoms in total. The lowest BCUT2D eigenvalue weighted by Crippen LogP contribution is -2.14. The van der Waals surface area contributed by atoms with Crippen molar-refractivity contribution >= 4 is 11.6 Å². The van der Waals surface area contributed by atoms with Crippen LogP contribution in [0.5, 0.6) is 0 Å². The van der Waals surface area contributed by atoms with Crippen molar-refractivity contribution in [3.8, 4) is 22.3 Å². The van der Waals surface area contributed by atoms with E-state index >= 15 is 0 Å². The molecule has 0 unspecified atom stereocenters. The Kier molecular flexibility index (Phi) is 2.92. The van der Waals surface area contributed by atoms with Crippen molar-refractivity contribution in [3.05, 3.63) is 82.9 Å². The Bertz CT molecular complexity index is 875. The fourth-order valence-electron chi connectivity index (χ4n) is 3.55. The molecule has 0 atom stereocenters. The summed E-state index contributed by atoms with van der Waals surface area (Å²) < 4.78 is 0. The minimum atomic E-state index is 0.0422. The summed E-state index contributed by atoms with van der Waals surface area (Å²) in [6.07, 6.45) is 0. The quantitative estimate of drug-likeness (QED) is 0.494. The molecule has 0 amide bonds. The molecule has 4 rings (SSSR count). The molecule has 1 heteroatoms. The zero-order chi connectivity index (χ0) is 15.3. The van der Waals surface area contributed by atoms with Gasteiger partial charge in [-0.2, -0.15) is 0 Å². The van der Waals surface area contributed by atoms with Crippen LogP contribution in [0, 0.1) is 0 Å². The number of fused-ring (bicyclic) bond motifs is 3. The minimum absolute atomic E-state index is 0.0422. The van der Waals surface area contributed by atoms with Crippen molar-refractivity contribution in [1.82, 2.24) is 0 Å². The summed E-state index contributed by atoms with van der Waals surface area (Å²) in [7, 11) is 0. The molecule has 0 radical (unpaired) electrons. The monoisotopic (exact) mass is 304 g/mol. The van der Waals surface area contributed by atoms with Crippen molar-refractivity contribution in [3.63, 3.8) is 0 Å². The van der Waals surface area contributed by atoms with E-state index < -0.39 is 0 Å². The normalized spacial score (nSPS) is 14.5. The van der Waals surface area contributed by atoms with Crippen molar-refractivity contribution < 1.29 is 0 Å². The summed E-state index contributed by atoms with van der Waals surface area (Å²) in [4.78, 5) is 0. The number of benzene rings is 3. The zero-order valence-electron chi connectivity index (χ0n) is 12.7. The van der Waals surface area contributed by atoms with Crippen molar-refractivity contribution in [1.29, 1.82) is 0 Å². The third-order valence-corrected chi connectivity index (χ3v) is 4.98. The summed E-state index contributed by atoms with van der Waals surface area (Å²) >= 11 is 6.14. The maximum atomic E-state index is 6.14. The average Bonchev–Trinajstić information content (AvgIpc) is 2.76. The van der Waals surface area contributed by atoms with E-state index in [0.717, 1.165) is 5.02 Å². The van der Waals surface area contributed by atoms with Gasteiger partial charge in [0.15, 0.2) is 0 Å². The van der Waals surface area contributed by atoms with E-state index in [0.29, 0.717) is 0 Å². The molecule has 3 aromatic rings. The van der Waals surface area contributed by atoms with Crippen LogP contribution in [-0.2, 0) is 5.41 Å². The fourth-order valence-corrected chi connectivity index (χ4v) is 3.74. The molecule has 108 valence electrons. The molecule has 0 heterocycles. The lowest BCUT2D eigenvalue weighted by molar-refractivity contribution is 0.660. The highest BCUT2D eigenvalue weighted by atomic mass is 35.5. The predicted octanol–water partition coefficient (Wildman–Crippen LogP) is 6.31. The van der Waals surface area contributed by atoms with Crippen LogP contribution in [0.3, 0.4) is 0 Å². The largest absolute Gasteiger partial charge is 0.0843 e. The van der Waals surface area contributed by atoms with Crippen LogP contribution in [0.25, 0.3) is 22.3 Å². The van der Waals surface area contributed by atoms with E-state index in [9.17, 15) is 0 Å². The van der Waals surface area contributed by atoms with E-state index in [4.69, 9.17) is 11.6 Å². The van der Waals surface area contributed by atoms with E-state index in [2.05, 4.69) is 62.4 Å². The van der Waals surface area contributed by atoms with Gasteiger partial charge >= 0.3 is 0 Å². The molecule has 0 aromatic heterocycles. The molecule has 0 bridgehead atoms. The first kappa shape index (κ1) is 13.6.